The summed E-state index contributed by atoms with van der Waals surface area (Å²) in [4.78, 5) is 0. The molecule has 2 rings (SSSR count). The highest BCUT2D eigenvalue weighted by atomic mass is 16.6. The van der Waals surface area contributed by atoms with Gasteiger partial charge in [-0.25, -0.2) is 0 Å². The van der Waals surface area contributed by atoms with E-state index in [-0.39, 0.29) is 0 Å². The molecule has 1 aromatic rings. The first kappa shape index (κ1) is 14.5. The number of benzene rings is 1. The second-order valence-corrected chi connectivity index (χ2v) is 5.14. The maximum atomic E-state index is 8.68. The minimum absolute atomic E-state index is 0.307. The Labute approximate surface area is 115 Å². The zero-order valence-electron chi connectivity index (χ0n) is 11.5. The van der Waals surface area contributed by atoms with Crippen LogP contribution in [0.1, 0.15) is 37.7 Å². The van der Waals surface area contributed by atoms with Crippen LogP contribution in [0.3, 0.4) is 0 Å². The molecule has 19 heavy (non-hydrogen) atoms. The summed E-state index contributed by atoms with van der Waals surface area (Å²) in [5.41, 5.74) is 1.21. The normalized spacial score (nSPS) is 21.5. The Bertz CT molecular complexity index is 339. The lowest BCUT2D eigenvalue weighted by molar-refractivity contribution is 0.104. The third-order valence-corrected chi connectivity index (χ3v) is 3.48. The van der Waals surface area contributed by atoms with Crippen LogP contribution in [0.15, 0.2) is 30.3 Å². The summed E-state index contributed by atoms with van der Waals surface area (Å²) in [6.45, 7) is 1.69. The lowest BCUT2D eigenvalue weighted by Crippen LogP contribution is -2.05. The lowest BCUT2D eigenvalue weighted by Gasteiger charge is -2.02. The van der Waals surface area contributed by atoms with Crippen molar-refractivity contribution in [3.8, 4) is 0 Å². The summed E-state index contributed by atoms with van der Waals surface area (Å²) in [6.07, 6.45) is 6.28. The van der Waals surface area contributed by atoms with Crippen molar-refractivity contribution in [2.24, 2.45) is 0 Å². The molecule has 1 aliphatic heterocycles. The monoisotopic (exact) mass is 264 g/mol. The van der Waals surface area contributed by atoms with E-state index in [2.05, 4.69) is 12.1 Å². The highest BCUT2D eigenvalue weighted by Crippen LogP contribution is 2.27. The summed E-state index contributed by atoms with van der Waals surface area (Å²) in [7, 11) is 0. The molecule has 0 amide bonds. The molecule has 1 aromatic carbocycles. The summed E-state index contributed by atoms with van der Waals surface area (Å²) in [5.74, 6) is 0. The average Bonchev–Trinajstić information content (AvgIpc) is 3.18. The van der Waals surface area contributed by atoms with E-state index >= 15 is 0 Å². The van der Waals surface area contributed by atoms with Gasteiger partial charge in [-0.15, -0.1) is 0 Å². The second kappa shape index (κ2) is 8.31. The molecular weight excluding hydrogens is 240 g/mol. The molecule has 2 atom stereocenters. The van der Waals surface area contributed by atoms with Crippen LogP contribution in [0.5, 0.6) is 0 Å². The molecule has 0 spiro atoms. The van der Waals surface area contributed by atoms with Crippen LogP contribution < -0.4 is 0 Å². The zero-order chi connectivity index (χ0) is 13.3. The highest BCUT2D eigenvalue weighted by molar-refractivity contribution is 5.13. The van der Waals surface area contributed by atoms with Gasteiger partial charge in [-0.1, -0.05) is 49.6 Å². The fourth-order valence-corrected chi connectivity index (χ4v) is 2.26. The predicted molar refractivity (Wildman–Crippen MR) is 74.9 cm³/mol. The van der Waals surface area contributed by atoms with Crippen LogP contribution in [0, 0.1) is 0 Å². The molecule has 1 saturated heterocycles. The first-order valence-electron chi connectivity index (χ1n) is 7.28. The number of aliphatic hydroxyl groups is 1. The maximum absolute atomic E-state index is 8.68. The third-order valence-electron chi connectivity index (χ3n) is 3.48. The quantitative estimate of drug-likeness (QED) is 0.522. The SMILES string of the molecule is OCCCCCC[C@@H]1O[C@@H]1COCc1ccccc1. The standard InChI is InChI=1S/C16H24O3/c17-11-7-2-1-6-10-15-16(19-15)13-18-12-14-8-4-3-5-9-14/h3-5,8-9,15-17H,1-2,6-7,10-13H2/t15-,16+/m0/s1. The van der Waals surface area contributed by atoms with Gasteiger partial charge in [-0.2, -0.15) is 0 Å². The van der Waals surface area contributed by atoms with Crippen molar-refractivity contribution in [1.29, 1.82) is 0 Å². The molecule has 1 heterocycles. The maximum Gasteiger partial charge on any atom is 0.107 e. The van der Waals surface area contributed by atoms with Gasteiger partial charge in [0.15, 0.2) is 0 Å². The van der Waals surface area contributed by atoms with E-state index < -0.39 is 0 Å². The first-order valence-corrected chi connectivity index (χ1v) is 7.28. The number of aliphatic hydroxyl groups excluding tert-OH is 1. The Hall–Kier alpha value is -0.900. The van der Waals surface area contributed by atoms with Gasteiger partial charge in [0.25, 0.3) is 0 Å². The minimum atomic E-state index is 0.307. The first-order chi connectivity index (χ1) is 9.40. The molecule has 1 fully saturated rings. The largest absolute Gasteiger partial charge is 0.396 e. The van der Waals surface area contributed by atoms with Crippen molar-refractivity contribution >= 4 is 0 Å². The van der Waals surface area contributed by atoms with Crippen LogP contribution >= 0.6 is 0 Å². The number of epoxide rings is 1. The van der Waals surface area contributed by atoms with E-state index in [1.807, 2.05) is 18.2 Å². The Morgan fingerprint density at radius 3 is 2.58 bits per heavy atom. The highest BCUT2D eigenvalue weighted by Gasteiger charge is 2.37. The average molecular weight is 264 g/mol. The van der Waals surface area contributed by atoms with Gasteiger partial charge in [0.05, 0.1) is 19.3 Å². The van der Waals surface area contributed by atoms with Crippen molar-refractivity contribution < 1.29 is 14.6 Å². The van der Waals surface area contributed by atoms with Crippen LogP contribution in [0.4, 0.5) is 0 Å². The van der Waals surface area contributed by atoms with Crippen molar-refractivity contribution in [2.45, 2.75) is 50.9 Å². The van der Waals surface area contributed by atoms with E-state index in [1.54, 1.807) is 0 Å². The van der Waals surface area contributed by atoms with Crippen LogP contribution in [-0.2, 0) is 16.1 Å². The summed E-state index contributed by atoms with van der Waals surface area (Å²) in [6, 6.07) is 10.2. The van der Waals surface area contributed by atoms with Gasteiger partial charge in [0, 0.05) is 6.61 Å². The topological polar surface area (TPSA) is 42.0 Å². The molecule has 0 bridgehead atoms. The second-order valence-electron chi connectivity index (χ2n) is 5.14. The lowest BCUT2D eigenvalue weighted by atomic mass is 10.1. The van der Waals surface area contributed by atoms with Crippen LogP contribution in [0.2, 0.25) is 0 Å². The van der Waals surface area contributed by atoms with Gasteiger partial charge in [-0.3, -0.25) is 0 Å². The van der Waals surface area contributed by atoms with E-state index in [4.69, 9.17) is 14.6 Å². The molecule has 1 N–H and O–H groups in total. The molecular formula is C16H24O3. The number of unbranched alkanes of at least 4 members (excludes halogenated alkanes) is 3. The number of hydrogen-bond acceptors (Lipinski definition) is 3. The molecule has 3 nitrogen and oxygen atoms in total. The Morgan fingerprint density at radius 2 is 1.79 bits per heavy atom. The van der Waals surface area contributed by atoms with E-state index in [1.165, 1.54) is 18.4 Å². The van der Waals surface area contributed by atoms with Crippen molar-refractivity contribution in [2.75, 3.05) is 13.2 Å². The Balaban J connectivity index is 1.46. The minimum Gasteiger partial charge on any atom is -0.396 e. The van der Waals surface area contributed by atoms with E-state index in [9.17, 15) is 0 Å². The van der Waals surface area contributed by atoms with Crippen molar-refractivity contribution in [1.82, 2.24) is 0 Å². The van der Waals surface area contributed by atoms with Gasteiger partial charge in [-0.05, 0) is 18.4 Å². The van der Waals surface area contributed by atoms with Gasteiger partial charge in [0.1, 0.15) is 6.10 Å². The van der Waals surface area contributed by atoms with Gasteiger partial charge < -0.3 is 14.6 Å². The molecule has 3 heteroatoms. The summed E-state index contributed by atoms with van der Waals surface area (Å²) >= 11 is 0. The smallest absolute Gasteiger partial charge is 0.107 e. The van der Waals surface area contributed by atoms with Crippen molar-refractivity contribution in [3.63, 3.8) is 0 Å². The molecule has 0 aliphatic carbocycles. The van der Waals surface area contributed by atoms with Crippen LogP contribution in [-0.4, -0.2) is 30.5 Å². The van der Waals surface area contributed by atoms with Crippen LogP contribution in [0.25, 0.3) is 0 Å². The molecule has 0 aromatic heterocycles. The van der Waals surface area contributed by atoms with Crippen molar-refractivity contribution in [3.05, 3.63) is 35.9 Å². The molecule has 0 saturated carbocycles. The number of ether oxygens (including phenoxy) is 2. The number of hydrogen-bond donors (Lipinski definition) is 1. The van der Waals surface area contributed by atoms with E-state index in [0.717, 1.165) is 19.3 Å². The summed E-state index contributed by atoms with van der Waals surface area (Å²) in [5, 5.41) is 8.68. The van der Waals surface area contributed by atoms with Gasteiger partial charge in [0.2, 0.25) is 0 Å². The molecule has 0 radical (unpaired) electrons. The molecule has 1 aliphatic rings. The zero-order valence-corrected chi connectivity index (χ0v) is 11.5. The Kier molecular flexibility index (Phi) is 6.34. The predicted octanol–water partition coefficient (Wildman–Crippen LogP) is 2.91. The third kappa shape index (κ3) is 5.72. The summed E-state index contributed by atoms with van der Waals surface area (Å²) < 4.78 is 11.2. The van der Waals surface area contributed by atoms with Gasteiger partial charge >= 0.3 is 0 Å². The fourth-order valence-electron chi connectivity index (χ4n) is 2.26. The molecule has 0 unspecified atom stereocenters. The van der Waals surface area contributed by atoms with E-state index in [0.29, 0.717) is 32.0 Å². The molecule has 106 valence electrons. The number of rotatable bonds is 10. The Morgan fingerprint density at radius 1 is 1.00 bits per heavy atom. The fraction of sp³-hybridized carbons (Fsp3) is 0.625.